The molecule has 1 aromatic heterocycles. The number of thiophene rings is 1. The Kier molecular flexibility index (Phi) is 6.18. The van der Waals surface area contributed by atoms with Crippen LogP contribution in [0.25, 0.3) is 0 Å². The maximum absolute atomic E-state index is 14.5. The van der Waals surface area contributed by atoms with Gasteiger partial charge in [-0.1, -0.05) is 25.0 Å². The standard InChI is InChI=1S/C23H26F2N2O2S/c24-17-5-3-6-18(25)20(17)23(10-1-2-11-23)15-26-21(28)16-8-12-27(13-9-16)22(29)19-7-4-14-30-19/h3-7,14,16H,1-2,8-13,15H2,(H,26,28). The van der Waals surface area contributed by atoms with Gasteiger partial charge in [0.1, 0.15) is 11.6 Å². The van der Waals surface area contributed by atoms with Gasteiger partial charge in [-0.15, -0.1) is 11.3 Å². The summed E-state index contributed by atoms with van der Waals surface area (Å²) in [5, 5.41) is 4.87. The number of carbonyl (C=O) groups excluding carboxylic acids is 2. The first kappa shape index (κ1) is 21.0. The van der Waals surface area contributed by atoms with Crippen molar-refractivity contribution < 1.29 is 18.4 Å². The Morgan fingerprint density at radius 2 is 1.73 bits per heavy atom. The maximum Gasteiger partial charge on any atom is 0.263 e. The number of piperidine rings is 1. The number of likely N-dealkylation sites (tertiary alicyclic amines) is 1. The van der Waals surface area contributed by atoms with E-state index in [1.54, 1.807) is 4.90 Å². The van der Waals surface area contributed by atoms with Gasteiger partial charge in [0.25, 0.3) is 5.91 Å². The highest BCUT2D eigenvalue weighted by Gasteiger charge is 2.40. The molecule has 1 saturated heterocycles. The van der Waals surface area contributed by atoms with Gasteiger partial charge < -0.3 is 10.2 Å². The summed E-state index contributed by atoms with van der Waals surface area (Å²) in [4.78, 5) is 27.8. The molecule has 7 heteroatoms. The van der Waals surface area contributed by atoms with E-state index in [9.17, 15) is 18.4 Å². The van der Waals surface area contributed by atoms with E-state index in [4.69, 9.17) is 0 Å². The van der Waals surface area contributed by atoms with Gasteiger partial charge >= 0.3 is 0 Å². The van der Waals surface area contributed by atoms with Crippen LogP contribution in [-0.2, 0) is 10.2 Å². The molecule has 0 spiro atoms. The van der Waals surface area contributed by atoms with Crippen LogP contribution in [0.3, 0.4) is 0 Å². The number of hydrogen-bond acceptors (Lipinski definition) is 3. The van der Waals surface area contributed by atoms with E-state index in [1.165, 1.54) is 29.5 Å². The number of amides is 2. The molecular weight excluding hydrogens is 406 g/mol. The van der Waals surface area contributed by atoms with Crippen LogP contribution in [0, 0.1) is 17.6 Å². The van der Waals surface area contributed by atoms with Crippen LogP contribution in [0.5, 0.6) is 0 Å². The average molecular weight is 433 g/mol. The minimum absolute atomic E-state index is 0.0174. The van der Waals surface area contributed by atoms with E-state index in [1.807, 2.05) is 17.5 Å². The molecule has 2 fully saturated rings. The fourth-order valence-electron chi connectivity index (χ4n) is 4.87. The lowest BCUT2D eigenvalue weighted by atomic mass is 9.78. The summed E-state index contributed by atoms with van der Waals surface area (Å²) in [5.41, 5.74) is -0.569. The van der Waals surface area contributed by atoms with Crippen molar-refractivity contribution >= 4 is 23.2 Å². The molecule has 1 N–H and O–H groups in total. The third-order valence-electron chi connectivity index (χ3n) is 6.54. The van der Waals surface area contributed by atoms with Crippen molar-refractivity contribution in [3.8, 4) is 0 Å². The molecule has 1 saturated carbocycles. The van der Waals surface area contributed by atoms with Gasteiger partial charge in [-0.25, -0.2) is 8.78 Å². The normalized spacial score (nSPS) is 19.1. The molecule has 0 radical (unpaired) electrons. The summed E-state index contributed by atoms with van der Waals surface area (Å²) in [5.74, 6) is -1.32. The highest BCUT2D eigenvalue weighted by atomic mass is 32.1. The van der Waals surface area contributed by atoms with Crippen molar-refractivity contribution in [2.24, 2.45) is 5.92 Å². The maximum atomic E-state index is 14.5. The summed E-state index contributed by atoms with van der Waals surface area (Å²) >= 11 is 1.42. The molecule has 2 aliphatic rings. The van der Waals surface area contributed by atoms with Crippen LogP contribution < -0.4 is 5.32 Å². The van der Waals surface area contributed by atoms with Crippen molar-refractivity contribution in [1.29, 1.82) is 0 Å². The average Bonchev–Trinajstić information content (AvgIpc) is 3.45. The van der Waals surface area contributed by atoms with E-state index in [2.05, 4.69) is 5.32 Å². The minimum Gasteiger partial charge on any atom is -0.355 e. The second-order valence-electron chi connectivity index (χ2n) is 8.35. The van der Waals surface area contributed by atoms with Gasteiger partial charge in [0.05, 0.1) is 4.88 Å². The van der Waals surface area contributed by atoms with Crippen LogP contribution in [0.4, 0.5) is 8.78 Å². The Balaban J connectivity index is 1.37. The lowest BCUT2D eigenvalue weighted by Gasteiger charge is -2.34. The molecule has 1 aliphatic carbocycles. The second-order valence-corrected chi connectivity index (χ2v) is 9.29. The van der Waals surface area contributed by atoms with Crippen LogP contribution >= 0.6 is 11.3 Å². The largest absolute Gasteiger partial charge is 0.355 e. The molecular formula is C23H26F2N2O2S. The Hall–Kier alpha value is -2.28. The van der Waals surface area contributed by atoms with Gasteiger partial charge in [-0.05, 0) is 49.3 Å². The predicted molar refractivity (Wildman–Crippen MR) is 112 cm³/mol. The minimum atomic E-state index is -0.680. The predicted octanol–water partition coefficient (Wildman–Crippen LogP) is 4.51. The Morgan fingerprint density at radius 1 is 1.07 bits per heavy atom. The zero-order valence-electron chi connectivity index (χ0n) is 16.8. The monoisotopic (exact) mass is 432 g/mol. The number of halogens is 2. The molecule has 1 aliphatic heterocycles. The molecule has 0 unspecified atom stereocenters. The highest BCUT2D eigenvalue weighted by molar-refractivity contribution is 7.12. The fourth-order valence-corrected chi connectivity index (χ4v) is 5.56. The quantitative estimate of drug-likeness (QED) is 0.756. The van der Waals surface area contributed by atoms with Crippen LogP contribution in [0.1, 0.15) is 53.8 Å². The van der Waals surface area contributed by atoms with Gasteiger partial charge in [0.2, 0.25) is 5.91 Å². The summed E-state index contributed by atoms with van der Waals surface area (Å²) in [7, 11) is 0. The summed E-state index contributed by atoms with van der Waals surface area (Å²) in [6, 6.07) is 7.63. The molecule has 30 heavy (non-hydrogen) atoms. The molecule has 160 valence electrons. The van der Waals surface area contributed by atoms with Crippen molar-refractivity contribution in [2.75, 3.05) is 19.6 Å². The summed E-state index contributed by atoms with van der Waals surface area (Å²) in [6.45, 7) is 1.34. The Morgan fingerprint density at radius 3 is 2.33 bits per heavy atom. The van der Waals surface area contributed by atoms with Crippen molar-refractivity contribution in [1.82, 2.24) is 10.2 Å². The smallest absolute Gasteiger partial charge is 0.263 e. The highest BCUT2D eigenvalue weighted by Crippen LogP contribution is 2.43. The fraction of sp³-hybridized carbons (Fsp3) is 0.478. The molecule has 0 atom stereocenters. The number of hydrogen-bond donors (Lipinski definition) is 1. The van der Waals surface area contributed by atoms with Crippen LogP contribution in [-0.4, -0.2) is 36.3 Å². The molecule has 0 bridgehead atoms. The first-order chi connectivity index (χ1) is 14.5. The summed E-state index contributed by atoms with van der Waals surface area (Å²) < 4.78 is 28.9. The number of nitrogens with one attached hydrogen (secondary N) is 1. The SMILES string of the molecule is O=C(NCC1(c2c(F)cccc2F)CCCC1)C1CCN(C(=O)c2cccs2)CC1. The van der Waals surface area contributed by atoms with E-state index in [0.717, 1.165) is 12.8 Å². The van der Waals surface area contributed by atoms with Gasteiger partial charge in [0, 0.05) is 36.5 Å². The van der Waals surface area contributed by atoms with E-state index < -0.39 is 17.0 Å². The van der Waals surface area contributed by atoms with E-state index in [-0.39, 0.29) is 29.8 Å². The van der Waals surface area contributed by atoms with Crippen molar-refractivity contribution in [3.05, 3.63) is 57.8 Å². The number of rotatable bonds is 5. The van der Waals surface area contributed by atoms with Crippen LogP contribution in [0.15, 0.2) is 35.7 Å². The molecule has 4 rings (SSSR count). The number of carbonyl (C=O) groups is 2. The van der Waals surface area contributed by atoms with Gasteiger partial charge in [-0.3, -0.25) is 9.59 Å². The first-order valence-electron chi connectivity index (χ1n) is 10.6. The van der Waals surface area contributed by atoms with Gasteiger partial charge in [0.15, 0.2) is 0 Å². The summed E-state index contributed by atoms with van der Waals surface area (Å²) in [6.07, 6.45) is 4.32. The van der Waals surface area contributed by atoms with Crippen LogP contribution in [0.2, 0.25) is 0 Å². The Bertz CT molecular complexity index is 882. The molecule has 2 amide bonds. The zero-order valence-corrected chi connectivity index (χ0v) is 17.6. The topological polar surface area (TPSA) is 49.4 Å². The Labute approximate surface area is 179 Å². The van der Waals surface area contributed by atoms with Gasteiger partial charge in [-0.2, -0.15) is 0 Å². The van der Waals surface area contributed by atoms with E-state index >= 15 is 0 Å². The lowest BCUT2D eigenvalue weighted by molar-refractivity contribution is -0.126. The molecule has 2 heterocycles. The molecule has 2 aromatic rings. The lowest BCUT2D eigenvalue weighted by Crippen LogP contribution is -2.46. The molecule has 4 nitrogen and oxygen atoms in total. The third kappa shape index (κ3) is 4.13. The van der Waals surface area contributed by atoms with Crippen molar-refractivity contribution in [2.45, 2.75) is 43.9 Å². The second kappa shape index (κ2) is 8.84. The zero-order chi connectivity index (χ0) is 21.1. The number of nitrogens with zero attached hydrogens (tertiary/aromatic N) is 1. The van der Waals surface area contributed by atoms with E-state index in [0.29, 0.717) is 43.6 Å². The third-order valence-corrected chi connectivity index (χ3v) is 7.40. The van der Waals surface area contributed by atoms with Crippen molar-refractivity contribution in [3.63, 3.8) is 0 Å². The number of benzene rings is 1. The molecule has 1 aromatic carbocycles. The first-order valence-corrected chi connectivity index (χ1v) is 11.4.